The molecule has 21 heavy (non-hydrogen) atoms. The van der Waals surface area contributed by atoms with Crippen molar-refractivity contribution in [2.45, 2.75) is 13.3 Å². The van der Waals surface area contributed by atoms with Gasteiger partial charge < -0.3 is 20.1 Å². The van der Waals surface area contributed by atoms with Gasteiger partial charge in [0.2, 0.25) is 5.91 Å². The molecule has 0 saturated heterocycles. The zero-order chi connectivity index (χ0) is 15.5. The first-order chi connectivity index (χ1) is 10.2. The highest BCUT2D eigenvalue weighted by molar-refractivity contribution is 5.90. The average Bonchev–Trinajstić information content (AvgIpc) is 2.50. The normalized spacial score (nSPS) is 10.0. The van der Waals surface area contributed by atoms with Gasteiger partial charge in [-0.25, -0.2) is 4.79 Å². The predicted molar refractivity (Wildman–Crippen MR) is 80.4 cm³/mol. The molecular weight excluding hydrogens is 272 g/mol. The number of amides is 1. The lowest BCUT2D eigenvalue weighted by molar-refractivity contribution is -0.119. The molecule has 1 amide bonds. The molecule has 2 N–H and O–H groups in total. The van der Waals surface area contributed by atoms with Gasteiger partial charge in [-0.2, -0.15) is 0 Å². The number of nitrogens with one attached hydrogen (secondary N) is 2. The summed E-state index contributed by atoms with van der Waals surface area (Å²) < 4.78 is 9.79. The molecule has 116 valence electrons. The number of carbonyl (C=O) groups excluding carboxylic acids is 2. The number of benzene rings is 1. The van der Waals surface area contributed by atoms with Crippen LogP contribution in [0, 0.1) is 0 Å². The number of carbonyl (C=O) groups is 2. The maximum atomic E-state index is 11.6. The molecule has 6 nitrogen and oxygen atoms in total. The Hall–Kier alpha value is -2.08. The fraction of sp³-hybridized carbons (Fsp3) is 0.467. The number of hydrogen-bond donors (Lipinski definition) is 2. The van der Waals surface area contributed by atoms with Gasteiger partial charge >= 0.3 is 5.97 Å². The number of hydrogen-bond acceptors (Lipinski definition) is 5. The van der Waals surface area contributed by atoms with Crippen LogP contribution >= 0.6 is 0 Å². The highest BCUT2D eigenvalue weighted by Crippen LogP contribution is 2.10. The summed E-state index contributed by atoms with van der Waals surface area (Å²) in [5, 5.41) is 5.77. The molecule has 1 aromatic carbocycles. The zero-order valence-corrected chi connectivity index (χ0v) is 12.5. The van der Waals surface area contributed by atoms with Crippen molar-refractivity contribution in [3.63, 3.8) is 0 Å². The maximum absolute atomic E-state index is 11.6. The van der Waals surface area contributed by atoms with Crippen molar-refractivity contribution in [3.05, 3.63) is 29.8 Å². The van der Waals surface area contributed by atoms with E-state index < -0.39 is 0 Å². The summed E-state index contributed by atoms with van der Waals surface area (Å²) >= 11 is 0. The van der Waals surface area contributed by atoms with E-state index in [9.17, 15) is 9.59 Å². The molecule has 0 aliphatic carbocycles. The maximum Gasteiger partial charge on any atom is 0.338 e. The molecule has 0 saturated carbocycles. The molecule has 1 rings (SSSR count). The van der Waals surface area contributed by atoms with E-state index in [-0.39, 0.29) is 18.4 Å². The second-order valence-corrected chi connectivity index (χ2v) is 4.35. The summed E-state index contributed by atoms with van der Waals surface area (Å²) in [4.78, 5) is 23.0. The van der Waals surface area contributed by atoms with Gasteiger partial charge in [-0.3, -0.25) is 4.79 Å². The number of esters is 1. The molecule has 0 heterocycles. The van der Waals surface area contributed by atoms with Crippen LogP contribution in [0.1, 0.15) is 23.7 Å². The number of anilines is 1. The van der Waals surface area contributed by atoms with Crippen molar-refractivity contribution in [2.75, 3.05) is 38.7 Å². The minimum absolute atomic E-state index is 0.0828. The monoisotopic (exact) mass is 294 g/mol. The van der Waals surface area contributed by atoms with Crippen LogP contribution in [-0.2, 0) is 14.3 Å². The Labute approximate surface area is 124 Å². The second kappa shape index (κ2) is 9.77. The van der Waals surface area contributed by atoms with E-state index in [0.29, 0.717) is 25.3 Å². The van der Waals surface area contributed by atoms with E-state index in [2.05, 4.69) is 10.6 Å². The molecule has 0 aromatic heterocycles. The van der Waals surface area contributed by atoms with Crippen LogP contribution in [0.25, 0.3) is 0 Å². The highest BCUT2D eigenvalue weighted by Gasteiger charge is 2.06. The Kier molecular flexibility index (Phi) is 7.89. The van der Waals surface area contributed by atoms with Crippen LogP contribution in [-0.4, -0.2) is 45.3 Å². The zero-order valence-electron chi connectivity index (χ0n) is 12.5. The lowest BCUT2D eigenvalue weighted by Gasteiger charge is -2.08. The van der Waals surface area contributed by atoms with Crippen LogP contribution < -0.4 is 10.6 Å². The second-order valence-electron chi connectivity index (χ2n) is 4.35. The van der Waals surface area contributed by atoms with Crippen LogP contribution in [0.15, 0.2) is 24.3 Å². The van der Waals surface area contributed by atoms with E-state index in [1.54, 1.807) is 38.3 Å². The van der Waals surface area contributed by atoms with Crippen LogP contribution in [0.2, 0.25) is 0 Å². The Balaban J connectivity index is 2.32. The lowest BCUT2D eigenvalue weighted by atomic mass is 10.2. The average molecular weight is 294 g/mol. The highest BCUT2D eigenvalue weighted by atomic mass is 16.5. The quantitative estimate of drug-likeness (QED) is 0.532. The van der Waals surface area contributed by atoms with E-state index in [1.807, 2.05) is 0 Å². The van der Waals surface area contributed by atoms with Crippen molar-refractivity contribution in [1.82, 2.24) is 5.32 Å². The molecule has 0 aliphatic rings. The SMILES string of the molecule is CCOC(=O)c1ccc(NCC(=O)NCCCOC)cc1. The third kappa shape index (κ3) is 6.76. The van der Waals surface area contributed by atoms with Crippen molar-refractivity contribution in [2.24, 2.45) is 0 Å². The number of rotatable bonds is 9. The Morgan fingerprint density at radius 1 is 1.19 bits per heavy atom. The van der Waals surface area contributed by atoms with Crippen molar-refractivity contribution < 1.29 is 19.1 Å². The van der Waals surface area contributed by atoms with Gasteiger partial charge in [0.15, 0.2) is 0 Å². The van der Waals surface area contributed by atoms with Crippen LogP contribution in [0.4, 0.5) is 5.69 Å². The standard InChI is InChI=1S/C15H22N2O4/c1-3-21-15(19)12-5-7-13(8-6-12)17-11-14(18)16-9-4-10-20-2/h5-8,17H,3-4,9-11H2,1-2H3,(H,16,18). The Morgan fingerprint density at radius 2 is 1.90 bits per heavy atom. The fourth-order valence-corrected chi connectivity index (χ4v) is 1.63. The van der Waals surface area contributed by atoms with Crippen molar-refractivity contribution in [3.8, 4) is 0 Å². The van der Waals surface area contributed by atoms with Gasteiger partial charge in [0.05, 0.1) is 18.7 Å². The summed E-state index contributed by atoms with van der Waals surface area (Å²) in [6.45, 7) is 3.52. The van der Waals surface area contributed by atoms with Gasteiger partial charge in [-0.05, 0) is 37.6 Å². The van der Waals surface area contributed by atoms with E-state index in [1.165, 1.54) is 0 Å². The number of ether oxygens (including phenoxy) is 2. The summed E-state index contributed by atoms with van der Waals surface area (Å²) in [5.41, 5.74) is 1.27. The Morgan fingerprint density at radius 3 is 2.52 bits per heavy atom. The molecule has 0 atom stereocenters. The first-order valence-corrected chi connectivity index (χ1v) is 6.94. The molecule has 0 spiro atoms. The molecule has 0 fully saturated rings. The van der Waals surface area contributed by atoms with E-state index in [0.717, 1.165) is 12.1 Å². The van der Waals surface area contributed by atoms with Crippen molar-refractivity contribution in [1.29, 1.82) is 0 Å². The first kappa shape index (κ1) is 17.0. The summed E-state index contributed by atoms with van der Waals surface area (Å²) in [7, 11) is 1.63. The largest absolute Gasteiger partial charge is 0.462 e. The van der Waals surface area contributed by atoms with Gasteiger partial charge in [-0.1, -0.05) is 0 Å². The van der Waals surface area contributed by atoms with E-state index >= 15 is 0 Å². The first-order valence-electron chi connectivity index (χ1n) is 6.94. The lowest BCUT2D eigenvalue weighted by Crippen LogP contribution is -2.31. The smallest absolute Gasteiger partial charge is 0.338 e. The van der Waals surface area contributed by atoms with Crippen molar-refractivity contribution >= 4 is 17.6 Å². The van der Waals surface area contributed by atoms with Gasteiger partial charge in [0, 0.05) is 25.9 Å². The third-order valence-corrected chi connectivity index (χ3v) is 2.70. The molecule has 0 aliphatic heterocycles. The molecule has 1 aromatic rings. The molecule has 6 heteroatoms. The van der Waals surface area contributed by atoms with Gasteiger partial charge in [-0.15, -0.1) is 0 Å². The van der Waals surface area contributed by atoms with Crippen LogP contribution in [0.5, 0.6) is 0 Å². The fourth-order valence-electron chi connectivity index (χ4n) is 1.63. The van der Waals surface area contributed by atoms with E-state index in [4.69, 9.17) is 9.47 Å². The van der Waals surface area contributed by atoms with Gasteiger partial charge in [0.25, 0.3) is 0 Å². The molecule has 0 radical (unpaired) electrons. The summed E-state index contributed by atoms with van der Waals surface area (Å²) in [5.74, 6) is -0.430. The molecular formula is C15H22N2O4. The predicted octanol–water partition coefficient (Wildman–Crippen LogP) is 1.43. The number of methoxy groups -OCH3 is 1. The summed E-state index contributed by atoms with van der Waals surface area (Å²) in [6.07, 6.45) is 0.788. The minimum atomic E-state index is -0.347. The minimum Gasteiger partial charge on any atom is -0.462 e. The Bertz CT molecular complexity index is 445. The van der Waals surface area contributed by atoms with Gasteiger partial charge in [0.1, 0.15) is 0 Å². The molecule has 0 bridgehead atoms. The van der Waals surface area contributed by atoms with Crippen LogP contribution in [0.3, 0.4) is 0 Å². The molecule has 0 unspecified atom stereocenters. The summed E-state index contributed by atoms with van der Waals surface area (Å²) in [6, 6.07) is 6.81. The topological polar surface area (TPSA) is 76.7 Å². The third-order valence-electron chi connectivity index (χ3n) is 2.70.